The summed E-state index contributed by atoms with van der Waals surface area (Å²) in [6.45, 7) is -0.0496. The Bertz CT molecular complexity index is 2000. The molecule has 4 rings (SSSR count). The fourth-order valence-corrected chi connectivity index (χ4v) is 8.62. The summed E-state index contributed by atoms with van der Waals surface area (Å²) < 4.78 is 60.5. The molecule has 0 radical (unpaired) electrons. The molecule has 1 fully saturated rings. The average molecular weight is 886 g/mol. The highest BCUT2D eigenvalue weighted by molar-refractivity contribution is 8.14. The van der Waals surface area contributed by atoms with Crippen LogP contribution in [0.2, 0.25) is 0 Å². The van der Waals surface area contributed by atoms with Gasteiger partial charge in [-0.05, 0) is 0 Å². The van der Waals surface area contributed by atoms with Crippen LogP contribution in [0.3, 0.4) is 0 Å². The Labute approximate surface area is 327 Å². The number of anilines is 1. The van der Waals surface area contributed by atoms with Crippen molar-refractivity contribution < 1.29 is 85.6 Å². The lowest BCUT2D eigenvalue weighted by Crippen LogP contribution is -2.46. The van der Waals surface area contributed by atoms with Crippen molar-refractivity contribution in [3.05, 3.63) is 36.5 Å². The number of rotatable bonds is 20. The van der Waals surface area contributed by atoms with Crippen LogP contribution in [0.25, 0.3) is 11.2 Å². The fraction of sp³-hybridized carbons (Fsp3) is 0.571. The maximum atomic E-state index is 12.5. The van der Waals surface area contributed by atoms with E-state index in [0.717, 1.165) is 29.0 Å². The number of allylic oxidation sites excluding steroid dienone is 2. The van der Waals surface area contributed by atoms with Crippen molar-refractivity contribution in [3.8, 4) is 0 Å². The summed E-state index contributed by atoms with van der Waals surface area (Å²) >= 11 is 0.954. The molecule has 7 N–H and O–H groups in total. The van der Waals surface area contributed by atoms with Crippen molar-refractivity contribution in [1.29, 1.82) is 0 Å². The molecule has 2 aromatic heterocycles. The first-order valence-electron chi connectivity index (χ1n) is 16.5. The molecule has 2 amide bonds. The van der Waals surface area contributed by atoms with Gasteiger partial charge in [-0.2, -0.15) is 0 Å². The van der Waals surface area contributed by atoms with Crippen LogP contribution in [0.4, 0.5) is 5.82 Å². The minimum Gasteiger partial charge on any atom is -0.790 e. The summed E-state index contributed by atoms with van der Waals surface area (Å²) in [5.74, 6) is -1.37. The van der Waals surface area contributed by atoms with Gasteiger partial charge in [0.15, 0.2) is 17.7 Å². The Morgan fingerprint density at radius 1 is 1.09 bits per heavy atom. The van der Waals surface area contributed by atoms with Crippen LogP contribution in [0, 0.1) is 5.41 Å². The number of hydrogen-bond acceptors (Lipinski definition) is 23. The largest absolute Gasteiger partial charge is 0.790 e. The second-order valence-corrected chi connectivity index (χ2v) is 18.1. The molecule has 0 aromatic carbocycles. The molecular formula is C28H38N7O18P3S-4. The highest BCUT2D eigenvalue weighted by atomic mass is 32.2. The molecule has 3 heterocycles. The molecule has 29 heteroatoms. The van der Waals surface area contributed by atoms with E-state index in [1.165, 1.54) is 13.8 Å². The van der Waals surface area contributed by atoms with Crippen LogP contribution in [-0.4, -0.2) is 114 Å². The van der Waals surface area contributed by atoms with Crippen LogP contribution >= 0.6 is 35.2 Å². The van der Waals surface area contributed by atoms with Crippen molar-refractivity contribution >= 4 is 69.1 Å². The number of nitrogen functional groups attached to an aromatic ring is 1. The van der Waals surface area contributed by atoms with Crippen LogP contribution in [0.1, 0.15) is 32.9 Å². The van der Waals surface area contributed by atoms with Gasteiger partial charge in [0.05, 0.1) is 33.5 Å². The molecule has 2 aromatic rings. The third-order valence-electron chi connectivity index (χ3n) is 8.03. The number of amides is 2. The lowest BCUT2D eigenvalue weighted by Gasteiger charge is -2.36. The molecule has 0 spiro atoms. The molecule has 2 aliphatic rings. The molecule has 318 valence electrons. The minimum absolute atomic E-state index is 0.0265. The van der Waals surface area contributed by atoms with Crippen LogP contribution in [0.15, 0.2) is 36.5 Å². The zero-order chi connectivity index (χ0) is 42.3. The van der Waals surface area contributed by atoms with E-state index in [9.17, 15) is 63.0 Å². The summed E-state index contributed by atoms with van der Waals surface area (Å²) in [7, 11) is -17.6. The number of nitrogens with zero attached hydrogens (tertiary/aromatic N) is 4. The predicted octanol–water partition coefficient (Wildman–Crippen LogP) is -3.62. The van der Waals surface area contributed by atoms with Crippen molar-refractivity contribution in [2.24, 2.45) is 5.41 Å². The number of phosphoric ester groups is 3. The lowest BCUT2D eigenvalue weighted by molar-refractivity contribution is -0.347. The van der Waals surface area contributed by atoms with Gasteiger partial charge in [-0.25, -0.2) is 19.3 Å². The summed E-state index contributed by atoms with van der Waals surface area (Å²) in [6, 6.07) is 0. The van der Waals surface area contributed by atoms with Gasteiger partial charge in [-0.3, -0.25) is 28.1 Å². The number of phosphoric acid groups is 3. The van der Waals surface area contributed by atoms with Gasteiger partial charge in [-0.1, -0.05) is 43.8 Å². The Balaban J connectivity index is 1.22. The molecule has 1 saturated heterocycles. The van der Waals surface area contributed by atoms with E-state index in [0.29, 0.717) is 5.57 Å². The highest BCUT2D eigenvalue weighted by Gasteiger charge is 2.47. The van der Waals surface area contributed by atoms with E-state index >= 15 is 0 Å². The second-order valence-electron chi connectivity index (χ2n) is 13.0. The molecule has 25 nitrogen and oxygen atoms in total. The highest BCUT2D eigenvalue weighted by Crippen LogP contribution is 2.56. The Hall–Kier alpha value is -3.00. The summed E-state index contributed by atoms with van der Waals surface area (Å²) in [5.41, 5.74) is 4.48. The van der Waals surface area contributed by atoms with Crippen molar-refractivity contribution in [2.45, 2.75) is 63.4 Å². The number of nitrogens with two attached hydrogens (primary N) is 1. The van der Waals surface area contributed by atoms with E-state index in [1.807, 2.05) is 0 Å². The number of carbonyl (C=O) groups excluding carboxylic acids is 3. The zero-order valence-corrected chi connectivity index (χ0v) is 33.4. The monoisotopic (exact) mass is 885 g/mol. The molecule has 2 unspecified atom stereocenters. The molecule has 0 saturated carbocycles. The fourth-order valence-electron chi connectivity index (χ4n) is 5.16. The third kappa shape index (κ3) is 13.5. The first-order valence-corrected chi connectivity index (χ1v) is 21.9. The Kier molecular flexibility index (Phi) is 15.9. The van der Waals surface area contributed by atoms with E-state index in [1.54, 1.807) is 18.2 Å². The van der Waals surface area contributed by atoms with Crippen LogP contribution in [0.5, 0.6) is 0 Å². The molecule has 8 atom stereocenters. The van der Waals surface area contributed by atoms with Gasteiger partial charge in [0, 0.05) is 42.7 Å². The van der Waals surface area contributed by atoms with Gasteiger partial charge in [-0.15, -0.1) is 0 Å². The Morgan fingerprint density at radius 2 is 1.79 bits per heavy atom. The van der Waals surface area contributed by atoms with E-state index < -0.39 is 90.7 Å². The normalized spacial score (nSPS) is 24.0. The van der Waals surface area contributed by atoms with Gasteiger partial charge < -0.3 is 74.1 Å². The van der Waals surface area contributed by atoms with E-state index in [4.69, 9.17) is 10.5 Å². The average Bonchev–Trinajstić information content (AvgIpc) is 3.68. The molecule has 1 aliphatic carbocycles. The van der Waals surface area contributed by atoms with Crippen LogP contribution in [-0.2, 0) is 50.7 Å². The second kappa shape index (κ2) is 19.4. The SMILES string of the molecule is CC(C)(COP(=O)([O-])OP(=O)([O-])OC[C@H]1O[C@@H](n2cnc3c(N)ncnc32)[C@H](O)[C@@H]1OP(=O)([O-])[O-])[C@@H](O)C(=O)NCCC(=O)NCCSC(=O)C1=CC=C[C@H](O)C1. The van der Waals surface area contributed by atoms with Gasteiger partial charge in [0.1, 0.15) is 36.3 Å². The molecule has 57 heavy (non-hydrogen) atoms. The zero-order valence-electron chi connectivity index (χ0n) is 29.9. The number of aromatic nitrogens is 4. The summed E-state index contributed by atoms with van der Waals surface area (Å²) in [6.07, 6.45) is -3.50. The number of aliphatic hydroxyl groups is 3. The summed E-state index contributed by atoms with van der Waals surface area (Å²) in [4.78, 5) is 96.3. The number of ether oxygens (including phenoxy) is 1. The van der Waals surface area contributed by atoms with Crippen molar-refractivity contribution in [1.82, 2.24) is 30.2 Å². The first kappa shape index (κ1) is 46.7. The van der Waals surface area contributed by atoms with E-state index in [2.05, 4.69) is 43.5 Å². The van der Waals surface area contributed by atoms with E-state index in [-0.39, 0.29) is 53.8 Å². The minimum atomic E-state index is -5.92. The van der Waals surface area contributed by atoms with Gasteiger partial charge >= 0.3 is 0 Å². The Morgan fingerprint density at radius 3 is 2.47 bits per heavy atom. The lowest BCUT2D eigenvalue weighted by atomic mass is 9.87. The number of thioether (sulfide) groups is 1. The smallest absolute Gasteiger partial charge is 0.274 e. The molecule has 0 bridgehead atoms. The number of imidazole rings is 1. The quantitative estimate of drug-likeness (QED) is 0.0552. The van der Waals surface area contributed by atoms with Crippen LogP contribution < -0.4 is 35.9 Å². The number of hydrogen-bond donors (Lipinski definition) is 6. The number of fused-ring (bicyclic) bond motifs is 1. The molecule has 1 aliphatic heterocycles. The van der Waals surface area contributed by atoms with Gasteiger partial charge in [0.25, 0.3) is 15.6 Å². The topological polar surface area (TPSA) is 395 Å². The van der Waals surface area contributed by atoms with Crippen molar-refractivity contribution in [3.63, 3.8) is 0 Å². The number of carbonyl (C=O) groups is 3. The van der Waals surface area contributed by atoms with Gasteiger partial charge in [0.2, 0.25) is 16.9 Å². The predicted molar refractivity (Wildman–Crippen MR) is 186 cm³/mol. The standard InChI is InChI=1S/C28H42N7O18P3S/c1-28(2,22(39)25(40)31-7-6-18(37)30-8-9-57-27(41)15-4-3-5-16(36)10-15)12-50-56(47,48)53-55(45,46)49-11-17-21(52-54(42,43)44)20(38)26(51-17)35-14-34-19-23(29)32-13-33-24(19)35/h3-5,13-14,16-17,20-22,26,36,38-39H,6-12H2,1-2H3,(H,30,37)(H,31,40)(H,45,46)(H,47,48)(H2,29,32,33)(H2,42,43,44)/p-4/t16-,17+,20+,21+,22-,26+/m0/s1. The van der Waals surface area contributed by atoms with Crippen molar-refractivity contribution in [2.75, 3.05) is 37.8 Å². The maximum Gasteiger partial charge on any atom is 0.274 e. The third-order valence-corrected chi connectivity index (χ3v) is 12.0. The number of aliphatic hydroxyl groups excluding tert-OH is 3. The summed E-state index contributed by atoms with van der Waals surface area (Å²) in [5, 5.41) is 35.5. The maximum absolute atomic E-state index is 12.5. The molecular weight excluding hydrogens is 847 g/mol. The first-order chi connectivity index (χ1) is 26.5. The number of nitrogens with one attached hydrogen (secondary N) is 2.